The van der Waals surface area contributed by atoms with Crippen molar-refractivity contribution in [1.29, 1.82) is 0 Å². The summed E-state index contributed by atoms with van der Waals surface area (Å²) in [7, 11) is 0. The monoisotopic (exact) mass is 505 g/mol. The third-order valence-corrected chi connectivity index (χ3v) is 5.15. The van der Waals surface area contributed by atoms with E-state index in [4.69, 9.17) is 9.47 Å². The van der Waals surface area contributed by atoms with E-state index >= 15 is 0 Å². The minimum Gasteiger partial charge on any atom is -0.457 e. The van der Waals surface area contributed by atoms with Gasteiger partial charge < -0.3 is 14.8 Å². The Labute approximate surface area is 212 Å². The molecule has 0 spiro atoms. The smallest absolute Gasteiger partial charge is 0.338 e. The molecule has 190 valence electrons. The van der Waals surface area contributed by atoms with Gasteiger partial charge in [-0.2, -0.15) is 0 Å². The number of carbonyl (C=O) groups is 5. The van der Waals surface area contributed by atoms with Gasteiger partial charge in [0.05, 0.1) is 5.56 Å². The van der Waals surface area contributed by atoms with Crippen LogP contribution in [0, 0.1) is 5.82 Å². The molecule has 0 saturated carbocycles. The number of anilines is 1. The van der Waals surface area contributed by atoms with E-state index in [0.29, 0.717) is 11.3 Å². The number of carbonyl (C=O) groups excluding carboxylic acids is 5. The second kappa shape index (κ2) is 13.4. The normalized spacial score (nSPS) is 10.3. The standard InChI is InChI=1S/C28H24FNO7/c29-22-13-9-20(10-14-22)24(31)17-36-27(34)8-4-7-26(33)30-23-15-11-21(12-16-23)28(35)37-18-25(32)19-5-2-1-3-6-19/h1-3,5-6,9-16H,4,7-8,17-18H2,(H,30,33). The van der Waals surface area contributed by atoms with Crippen molar-refractivity contribution in [2.75, 3.05) is 18.5 Å². The summed E-state index contributed by atoms with van der Waals surface area (Å²) in [5, 5.41) is 2.65. The molecule has 0 atom stereocenters. The molecule has 3 aromatic carbocycles. The number of ether oxygens (including phenoxy) is 2. The van der Waals surface area contributed by atoms with Gasteiger partial charge in [-0.25, -0.2) is 9.18 Å². The Kier molecular flexibility index (Phi) is 9.78. The fourth-order valence-electron chi connectivity index (χ4n) is 3.17. The lowest BCUT2D eigenvalue weighted by Crippen LogP contribution is -2.16. The molecule has 3 aromatic rings. The van der Waals surface area contributed by atoms with Gasteiger partial charge in [-0.3, -0.25) is 19.2 Å². The predicted octanol–water partition coefficient (Wildman–Crippen LogP) is 4.40. The van der Waals surface area contributed by atoms with E-state index in [-0.39, 0.29) is 48.7 Å². The molecule has 0 aromatic heterocycles. The lowest BCUT2D eigenvalue weighted by Gasteiger charge is -2.08. The van der Waals surface area contributed by atoms with Crippen molar-refractivity contribution < 1.29 is 37.8 Å². The SMILES string of the molecule is O=C(CCCC(=O)OCC(=O)c1ccc(F)cc1)Nc1ccc(C(=O)OCC(=O)c2ccccc2)cc1. The van der Waals surface area contributed by atoms with Gasteiger partial charge >= 0.3 is 11.9 Å². The summed E-state index contributed by atoms with van der Waals surface area (Å²) in [6, 6.07) is 19.3. The van der Waals surface area contributed by atoms with Gasteiger partial charge in [-0.05, 0) is 55.0 Å². The van der Waals surface area contributed by atoms with Crippen molar-refractivity contribution in [3.63, 3.8) is 0 Å². The molecule has 0 heterocycles. The first-order valence-electron chi connectivity index (χ1n) is 11.4. The number of benzene rings is 3. The fraction of sp³-hybridized carbons (Fsp3) is 0.179. The molecule has 1 amide bonds. The van der Waals surface area contributed by atoms with Gasteiger partial charge in [0.15, 0.2) is 24.8 Å². The van der Waals surface area contributed by atoms with Crippen LogP contribution < -0.4 is 5.32 Å². The molecular formula is C28H24FNO7. The van der Waals surface area contributed by atoms with Crippen molar-refractivity contribution in [2.45, 2.75) is 19.3 Å². The van der Waals surface area contributed by atoms with Gasteiger partial charge in [0.25, 0.3) is 0 Å². The average Bonchev–Trinajstić information content (AvgIpc) is 2.91. The minimum atomic E-state index is -0.668. The highest BCUT2D eigenvalue weighted by molar-refractivity contribution is 5.99. The molecule has 9 heteroatoms. The number of amides is 1. The Morgan fingerprint density at radius 1 is 0.649 bits per heavy atom. The predicted molar refractivity (Wildman–Crippen MR) is 132 cm³/mol. The van der Waals surface area contributed by atoms with Crippen molar-refractivity contribution in [2.24, 2.45) is 0 Å². The lowest BCUT2D eigenvalue weighted by atomic mass is 10.1. The van der Waals surface area contributed by atoms with Crippen LogP contribution in [0.2, 0.25) is 0 Å². The third-order valence-electron chi connectivity index (χ3n) is 5.15. The highest BCUT2D eigenvalue weighted by Gasteiger charge is 2.13. The van der Waals surface area contributed by atoms with Crippen LogP contribution in [0.3, 0.4) is 0 Å². The van der Waals surface area contributed by atoms with Crippen LogP contribution in [0.25, 0.3) is 0 Å². The zero-order valence-corrected chi connectivity index (χ0v) is 19.8. The van der Waals surface area contributed by atoms with E-state index in [1.165, 1.54) is 36.4 Å². The van der Waals surface area contributed by atoms with E-state index in [0.717, 1.165) is 12.1 Å². The van der Waals surface area contributed by atoms with Gasteiger partial charge in [-0.15, -0.1) is 0 Å². The van der Waals surface area contributed by atoms with Crippen LogP contribution >= 0.6 is 0 Å². The summed E-state index contributed by atoms with van der Waals surface area (Å²) in [4.78, 5) is 60.1. The maximum absolute atomic E-state index is 12.9. The number of nitrogens with one attached hydrogen (secondary N) is 1. The number of esters is 2. The van der Waals surface area contributed by atoms with Gasteiger partial charge in [0.2, 0.25) is 5.91 Å². The first-order chi connectivity index (χ1) is 17.8. The number of Topliss-reactive ketones (excluding diaryl/α,β-unsaturated/α-hetero) is 2. The third kappa shape index (κ3) is 8.81. The van der Waals surface area contributed by atoms with Crippen LogP contribution in [0.4, 0.5) is 10.1 Å². The maximum Gasteiger partial charge on any atom is 0.338 e. The Morgan fingerprint density at radius 3 is 1.86 bits per heavy atom. The maximum atomic E-state index is 12.9. The first-order valence-corrected chi connectivity index (χ1v) is 11.4. The van der Waals surface area contributed by atoms with E-state index < -0.39 is 30.1 Å². The quantitative estimate of drug-likeness (QED) is 0.286. The molecule has 0 aliphatic carbocycles. The summed E-state index contributed by atoms with van der Waals surface area (Å²) in [6.45, 7) is -0.851. The Balaban J connectivity index is 1.34. The van der Waals surface area contributed by atoms with Gasteiger partial charge in [-0.1, -0.05) is 30.3 Å². The average molecular weight is 505 g/mol. The summed E-state index contributed by atoms with van der Waals surface area (Å²) >= 11 is 0. The number of hydrogen-bond acceptors (Lipinski definition) is 7. The van der Waals surface area contributed by atoms with Crippen molar-refractivity contribution in [1.82, 2.24) is 0 Å². The highest BCUT2D eigenvalue weighted by Crippen LogP contribution is 2.12. The number of ketones is 2. The van der Waals surface area contributed by atoms with E-state index in [1.807, 2.05) is 0 Å². The van der Waals surface area contributed by atoms with Crippen molar-refractivity contribution in [3.8, 4) is 0 Å². The lowest BCUT2D eigenvalue weighted by molar-refractivity contribution is -0.142. The van der Waals surface area contributed by atoms with Crippen LogP contribution in [0.5, 0.6) is 0 Å². The van der Waals surface area contributed by atoms with Crippen LogP contribution in [-0.4, -0.2) is 42.6 Å². The van der Waals surface area contributed by atoms with E-state index in [9.17, 15) is 28.4 Å². The second-order valence-electron chi connectivity index (χ2n) is 7.94. The van der Waals surface area contributed by atoms with Crippen molar-refractivity contribution in [3.05, 3.63) is 101 Å². The highest BCUT2D eigenvalue weighted by atomic mass is 19.1. The molecule has 0 bridgehead atoms. The fourth-order valence-corrected chi connectivity index (χ4v) is 3.17. The molecule has 0 unspecified atom stereocenters. The summed E-state index contributed by atoms with van der Waals surface area (Å²) in [6.07, 6.45) is 0.179. The molecule has 0 fully saturated rings. The second-order valence-corrected chi connectivity index (χ2v) is 7.94. The molecule has 1 N–H and O–H groups in total. The number of halogens is 1. The summed E-state index contributed by atoms with van der Waals surface area (Å²) in [5.74, 6) is -2.89. The van der Waals surface area contributed by atoms with Gasteiger partial charge in [0, 0.05) is 29.7 Å². The number of rotatable bonds is 12. The summed E-state index contributed by atoms with van der Waals surface area (Å²) < 4.78 is 22.9. The molecule has 37 heavy (non-hydrogen) atoms. The largest absolute Gasteiger partial charge is 0.457 e. The Morgan fingerprint density at radius 2 is 1.22 bits per heavy atom. The van der Waals surface area contributed by atoms with Crippen LogP contribution in [-0.2, 0) is 19.1 Å². The molecule has 0 aliphatic heterocycles. The van der Waals surface area contributed by atoms with Crippen LogP contribution in [0.1, 0.15) is 50.3 Å². The minimum absolute atomic E-state index is 0.0341. The Hall–Kier alpha value is -4.66. The Bertz CT molecular complexity index is 1260. The van der Waals surface area contributed by atoms with Crippen molar-refractivity contribution >= 4 is 35.1 Å². The molecule has 8 nitrogen and oxygen atoms in total. The van der Waals surface area contributed by atoms with E-state index in [2.05, 4.69) is 5.32 Å². The molecule has 3 rings (SSSR count). The molecular weight excluding hydrogens is 481 g/mol. The van der Waals surface area contributed by atoms with Crippen LogP contribution in [0.15, 0.2) is 78.9 Å². The zero-order valence-electron chi connectivity index (χ0n) is 19.8. The molecule has 0 aliphatic rings. The molecule has 0 radical (unpaired) electrons. The first kappa shape index (κ1) is 26.9. The topological polar surface area (TPSA) is 116 Å². The summed E-state index contributed by atoms with van der Waals surface area (Å²) in [5.41, 5.74) is 1.33. The molecule has 0 saturated heterocycles. The number of hydrogen-bond donors (Lipinski definition) is 1. The zero-order chi connectivity index (χ0) is 26.6. The van der Waals surface area contributed by atoms with E-state index in [1.54, 1.807) is 30.3 Å². The van der Waals surface area contributed by atoms with Gasteiger partial charge in [0.1, 0.15) is 5.82 Å².